The van der Waals surface area contributed by atoms with E-state index in [0.717, 1.165) is 0 Å². The van der Waals surface area contributed by atoms with Gasteiger partial charge in [-0.15, -0.1) is 0 Å². The van der Waals surface area contributed by atoms with Gasteiger partial charge < -0.3 is 16.0 Å². The molecule has 3 N–H and O–H groups in total. The van der Waals surface area contributed by atoms with Crippen molar-refractivity contribution < 1.29 is 18.4 Å². The zero-order chi connectivity index (χ0) is 20.6. The van der Waals surface area contributed by atoms with Gasteiger partial charge in [0.15, 0.2) is 0 Å². The van der Waals surface area contributed by atoms with E-state index in [9.17, 15) is 18.4 Å². The maximum atomic E-state index is 13.1. The minimum atomic E-state index is -2.72. The first kappa shape index (κ1) is 20.1. The van der Waals surface area contributed by atoms with E-state index in [1.807, 2.05) is 0 Å². The molecule has 0 saturated heterocycles. The van der Waals surface area contributed by atoms with Crippen molar-refractivity contribution in [3.05, 3.63) is 40.5 Å². The van der Waals surface area contributed by atoms with Crippen molar-refractivity contribution in [2.24, 2.45) is 5.73 Å². The molecule has 0 bridgehead atoms. The van der Waals surface area contributed by atoms with Gasteiger partial charge in [0.2, 0.25) is 0 Å². The number of carbonyl (C=O) groups excluding carboxylic acids is 2. The van der Waals surface area contributed by atoms with Crippen LogP contribution in [0, 0.1) is 0 Å². The summed E-state index contributed by atoms with van der Waals surface area (Å²) in [5, 5.41) is 7.26. The van der Waals surface area contributed by atoms with Crippen LogP contribution < -0.4 is 11.1 Å². The van der Waals surface area contributed by atoms with E-state index < -0.39 is 23.9 Å². The summed E-state index contributed by atoms with van der Waals surface area (Å²) >= 11 is 6.03. The Morgan fingerprint density at radius 2 is 2.04 bits per heavy atom. The Hall–Kier alpha value is -2.68. The van der Waals surface area contributed by atoms with E-state index in [1.54, 1.807) is 28.9 Å². The van der Waals surface area contributed by atoms with Crippen LogP contribution in [0.5, 0.6) is 0 Å². The maximum Gasteiger partial charge on any atom is 0.318 e. The first-order valence-corrected chi connectivity index (χ1v) is 8.98. The standard InChI is InChI=1S/C18H20ClF2N5O2/c1-18(2,16(20)21)23-17(28)25-6-7-26-12(9-25)13(15(22)27)14(24-26)10-4-3-5-11(19)8-10/h3-5,8,16H,6-7,9H2,1-2H3,(H2,22,27)(H,23,28). The Morgan fingerprint density at radius 1 is 1.32 bits per heavy atom. The highest BCUT2D eigenvalue weighted by Gasteiger charge is 2.35. The van der Waals surface area contributed by atoms with Gasteiger partial charge in [0, 0.05) is 17.1 Å². The summed E-state index contributed by atoms with van der Waals surface area (Å²) < 4.78 is 27.7. The number of hydrogen-bond acceptors (Lipinski definition) is 3. The van der Waals surface area contributed by atoms with E-state index in [4.69, 9.17) is 17.3 Å². The second-order valence-electron chi connectivity index (χ2n) is 7.14. The van der Waals surface area contributed by atoms with E-state index in [2.05, 4.69) is 10.4 Å². The summed E-state index contributed by atoms with van der Waals surface area (Å²) in [5.41, 5.74) is 5.55. The largest absolute Gasteiger partial charge is 0.365 e. The van der Waals surface area contributed by atoms with E-state index >= 15 is 0 Å². The molecule has 150 valence electrons. The molecule has 0 spiro atoms. The highest BCUT2D eigenvalue weighted by molar-refractivity contribution is 6.30. The van der Waals surface area contributed by atoms with Crippen LogP contribution in [0.2, 0.25) is 5.02 Å². The number of amides is 3. The molecular formula is C18H20ClF2N5O2. The van der Waals surface area contributed by atoms with Gasteiger partial charge in [-0.05, 0) is 26.0 Å². The number of alkyl halides is 2. The smallest absolute Gasteiger partial charge is 0.318 e. The van der Waals surface area contributed by atoms with Crippen LogP contribution in [-0.2, 0) is 13.1 Å². The van der Waals surface area contributed by atoms with E-state index in [1.165, 1.54) is 18.7 Å². The van der Waals surface area contributed by atoms with Crippen molar-refractivity contribution in [1.29, 1.82) is 0 Å². The van der Waals surface area contributed by atoms with Gasteiger partial charge >= 0.3 is 6.03 Å². The Labute approximate surface area is 165 Å². The number of rotatable bonds is 4. The fourth-order valence-corrected chi connectivity index (χ4v) is 3.19. The fourth-order valence-electron chi connectivity index (χ4n) is 3.00. The topological polar surface area (TPSA) is 93.2 Å². The van der Waals surface area contributed by atoms with Crippen LogP contribution in [0.3, 0.4) is 0 Å². The Bertz CT molecular complexity index is 929. The highest BCUT2D eigenvalue weighted by Crippen LogP contribution is 2.29. The second kappa shape index (κ2) is 7.38. The lowest BCUT2D eigenvalue weighted by atomic mass is 10.0. The number of carbonyl (C=O) groups is 2. The summed E-state index contributed by atoms with van der Waals surface area (Å²) in [7, 11) is 0. The van der Waals surface area contributed by atoms with Gasteiger partial charge in [0.1, 0.15) is 5.69 Å². The molecule has 0 radical (unpaired) electrons. The van der Waals surface area contributed by atoms with Crippen molar-refractivity contribution in [2.45, 2.75) is 38.9 Å². The normalized spacial score (nSPS) is 14.1. The fraction of sp³-hybridized carbons (Fsp3) is 0.389. The lowest BCUT2D eigenvalue weighted by molar-refractivity contribution is 0.0515. The first-order valence-electron chi connectivity index (χ1n) is 8.61. The summed E-state index contributed by atoms with van der Waals surface area (Å²) in [6.45, 7) is 3.08. The Balaban J connectivity index is 1.93. The number of nitrogens with one attached hydrogen (secondary N) is 1. The number of nitrogens with two attached hydrogens (primary N) is 1. The van der Waals surface area contributed by atoms with E-state index in [-0.39, 0.29) is 18.7 Å². The average Bonchev–Trinajstić information content (AvgIpc) is 3.00. The van der Waals surface area contributed by atoms with Gasteiger partial charge in [-0.1, -0.05) is 23.7 Å². The van der Waals surface area contributed by atoms with Gasteiger partial charge in [-0.3, -0.25) is 9.48 Å². The lowest BCUT2D eigenvalue weighted by Crippen LogP contribution is -2.55. The zero-order valence-electron chi connectivity index (χ0n) is 15.4. The molecule has 0 unspecified atom stereocenters. The molecule has 7 nitrogen and oxygen atoms in total. The summed E-state index contributed by atoms with van der Waals surface area (Å²) in [5.74, 6) is -0.689. The summed E-state index contributed by atoms with van der Waals surface area (Å²) in [6.07, 6.45) is -2.72. The number of benzene rings is 1. The van der Waals surface area contributed by atoms with Crippen molar-refractivity contribution in [2.75, 3.05) is 6.54 Å². The zero-order valence-corrected chi connectivity index (χ0v) is 16.1. The minimum Gasteiger partial charge on any atom is -0.365 e. The molecule has 28 heavy (non-hydrogen) atoms. The van der Waals surface area contributed by atoms with Crippen LogP contribution in [-0.4, -0.2) is 45.1 Å². The predicted molar refractivity (Wildman–Crippen MR) is 100 cm³/mol. The Morgan fingerprint density at radius 3 is 2.64 bits per heavy atom. The molecule has 0 fully saturated rings. The number of halogens is 3. The van der Waals surface area contributed by atoms with Crippen molar-refractivity contribution in [1.82, 2.24) is 20.0 Å². The van der Waals surface area contributed by atoms with Crippen molar-refractivity contribution in [3.8, 4) is 11.3 Å². The van der Waals surface area contributed by atoms with Crippen LogP contribution >= 0.6 is 11.6 Å². The van der Waals surface area contributed by atoms with Gasteiger partial charge in [-0.2, -0.15) is 5.10 Å². The molecule has 2 aromatic rings. The molecule has 3 amide bonds. The third-order valence-corrected chi connectivity index (χ3v) is 4.82. The van der Waals surface area contributed by atoms with Gasteiger partial charge in [-0.25, -0.2) is 13.6 Å². The molecule has 1 aliphatic heterocycles. The van der Waals surface area contributed by atoms with E-state index in [0.29, 0.717) is 28.5 Å². The summed E-state index contributed by atoms with van der Waals surface area (Å²) in [6, 6.07) is 6.20. The predicted octanol–water partition coefficient (Wildman–Crippen LogP) is 2.87. The van der Waals surface area contributed by atoms with Crippen LogP contribution in [0.4, 0.5) is 13.6 Å². The van der Waals surface area contributed by atoms with Crippen molar-refractivity contribution in [3.63, 3.8) is 0 Å². The molecule has 0 aliphatic carbocycles. The monoisotopic (exact) mass is 411 g/mol. The first-order chi connectivity index (χ1) is 13.1. The van der Waals surface area contributed by atoms with Gasteiger partial charge in [0.05, 0.1) is 29.9 Å². The van der Waals surface area contributed by atoms with Crippen LogP contribution in [0.1, 0.15) is 29.9 Å². The van der Waals surface area contributed by atoms with Gasteiger partial charge in [0.25, 0.3) is 12.3 Å². The molecule has 0 saturated carbocycles. The molecule has 0 atom stereocenters. The average molecular weight is 412 g/mol. The molecule has 1 aromatic carbocycles. The molecule has 3 rings (SSSR count). The van der Waals surface area contributed by atoms with Crippen molar-refractivity contribution >= 4 is 23.5 Å². The Kier molecular flexibility index (Phi) is 5.29. The van der Waals surface area contributed by atoms with Crippen LogP contribution in [0.25, 0.3) is 11.3 Å². The molecule has 1 aliphatic rings. The third-order valence-electron chi connectivity index (χ3n) is 4.59. The minimum absolute atomic E-state index is 0.0248. The molecule has 1 aromatic heterocycles. The number of aromatic nitrogens is 2. The number of primary amides is 1. The SMILES string of the molecule is CC(C)(NC(=O)N1CCn2nc(-c3cccc(Cl)c3)c(C(N)=O)c2C1)C(F)F. The number of hydrogen-bond donors (Lipinski definition) is 2. The lowest BCUT2D eigenvalue weighted by Gasteiger charge is -2.32. The number of urea groups is 1. The quantitative estimate of drug-likeness (QED) is 0.810. The number of nitrogens with zero attached hydrogens (tertiary/aromatic N) is 3. The second-order valence-corrected chi connectivity index (χ2v) is 7.58. The molecule has 10 heteroatoms. The summed E-state index contributed by atoms with van der Waals surface area (Å²) in [4.78, 5) is 25.9. The third kappa shape index (κ3) is 3.80. The number of fused-ring (bicyclic) bond motifs is 1. The molecule has 2 heterocycles. The molecular weight excluding hydrogens is 392 g/mol. The highest BCUT2D eigenvalue weighted by atomic mass is 35.5. The van der Waals surface area contributed by atoms with Crippen LogP contribution in [0.15, 0.2) is 24.3 Å². The maximum absolute atomic E-state index is 13.1.